The third-order valence-corrected chi connectivity index (χ3v) is 8.29. The molecule has 10 nitrogen and oxygen atoms in total. The quantitative estimate of drug-likeness (QED) is 0.142. The number of hydrogen-bond acceptors (Lipinski definition) is 8. The van der Waals surface area contributed by atoms with Crippen molar-refractivity contribution >= 4 is 17.7 Å². The molecule has 52 heavy (non-hydrogen) atoms. The van der Waals surface area contributed by atoms with Crippen molar-refractivity contribution in [2.24, 2.45) is 0 Å². The molecule has 0 saturated carbocycles. The van der Waals surface area contributed by atoms with E-state index in [1.807, 2.05) is 86.3 Å². The Morgan fingerprint density at radius 1 is 0.942 bits per heavy atom. The molecular formula is C40H47F2N5O5. The van der Waals surface area contributed by atoms with Gasteiger partial charge in [-0.05, 0) is 112 Å². The number of likely N-dealkylation sites (tertiary alicyclic amines) is 1. The number of benzene rings is 2. The zero-order valence-corrected chi connectivity index (χ0v) is 30.5. The summed E-state index contributed by atoms with van der Waals surface area (Å²) in [6, 6.07) is 19.2. The van der Waals surface area contributed by atoms with Crippen LogP contribution >= 0.6 is 0 Å². The van der Waals surface area contributed by atoms with Crippen LogP contribution in [0.5, 0.6) is 5.75 Å². The number of halogens is 2. The number of anilines is 1. The van der Waals surface area contributed by atoms with Crippen LogP contribution in [0.15, 0.2) is 79.1 Å². The van der Waals surface area contributed by atoms with Gasteiger partial charge in [-0.2, -0.15) is 0 Å². The molecule has 1 atom stereocenters. The van der Waals surface area contributed by atoms with Crippen molar-refractivity contribution in [3.8, 4) is 28.0 Å². The van der Waals surface area contributed by atoms with Gasteiger partial charge in [-0.15, -0.1) is 0 Å². The smallest absolute Gasteiger partial charge is 0.408 e. The van der Waals surface area contributed by atoms with E-state index in [0.29, 0.717) is 25.4 Å². The third-order valence-electron chi connectivity index (χ3n) is 8.29. The summed E-state index contributed by atoms with van der Waals surface area (Å²) in [6.07, 6.45) is 2.17. The van der Waals surface area contributed by atoms with Crippen molar-refractivity contribution in [1.82, 2.24) is 20.2 Å². The number of nitrogens with zero attached hydrogens (tertiary/aromatic N) is 3. The second-order valence-electron chi connectivity index (χ2n) is 14.2. The van der Waals surface area contributed by atoms with Crippen molar-refractivity contribution in [2.45, 2.75) is 78.2 Å². The predicted molar refractivity (Wildman–Crippen MR) is 197 cm³/mol. The number of alkyl halides is 2. The molecule has 276 valence electrons. The van der Waals surface area contributed by atoms with Gasteiger partial charge in [-0.3, -0.25) is 19.7 Å². The van der Waals surface area contributed by atoms with Crippen LogP contribution in [0.2, 0.25) is 0 Å². The highest BCUT2D eigenvalue weighted by atomic mass is 19.3. The molecule has 5 rings (SSSR count). The van der Waals surface area contributed by atoms with Crippen molar-refractivity contribution < 1.29 is 32.6 Å². The highest BCUT2D eigenvalue weighted by molar-refractivity contribution is 6.03. The molecule has 0 radical (unpaired) electrons. The average Bonchev–Trinajstić information content (AvgIpc) is 3.08. The normalized spacial score (nSPS) is 16.0. The number of nitrogens with one attached hydrogen (secondary N) is 2. The van der Waals surface area contributed by atoms with Crippen LogP contribution in [0.1, 0.15) is 62.8 Å². The van der Waals surface area contributed by atoms with Crippen LogP contribution in [0.25, 0.3) is 22.3 Å². The number of rotatable bonds is 12. The van der Waals surface area contributed by atoms with Crippen molar-refractivity contribution in [3.63, 3.8) is 0 Å². The summed E-state index contributed by atoms with van der Waals surface area (Å²) in [6.45, 7) is 12.2. The monoisotopic (exact) mass is 715 g/mol. The molecule has 4 aromatic rings. The molecule has 0 spiro atoms. The van der Waals surface area contributed by atoms with Gasteiger partial charge in [-0.25, -0.2) is 13.6 Å². The molecule has 0 unspecified atom stereocenters. The fraction of sp³-hybridized carbons (Fsp3) is 0.400. The van der Waals surface area contributed by atoms with Gasteiger partial charge in [0.25, 0.3) is 11.8 Å². The first kappa shape index (κ1) is 38.3. The summed E-state index contributed by atoms with van der Waals surface area (Å²) in [5.74, 6) is -2.78. The van der Waals surface area contributed by atoms with Gasteiger partial charge in [0, 0.05) is 55.4 Å². The van der Waals surface area contributed by atoms with Crippen LogP contribution in [-0.4, -0.2) is 76.8 Å². The van der Waals surface area contributed by atoms with Crippen LogP contribution in [0.3, 0.4) is 0 Å². The summed E-state index contributed by atoms with van der Waals surface area (Å²) in [4.78, 5) is 36.6. The number of aromatic nitrogens is 2. The minimum atomic E-state index is -3.10. The summed E-state index contributed by atoms with van der Waals surface area (Å²) in [5.41, 5.74) is 4.89. The highest BCUT2D eigenvalue weighted by Gasteiger charge is 2.45. The van der Waals surface area contributed by atoms with Gasteiger partial charge < -0.3 is 24.8 Å². The van der Waals surface area contributed by atoms with Crippen LogP contribution < -0.4 is 15.4 Å². The molecular weight excluding hydrogens is 668 g/mol. The Hall–Kier alpha value is -4.94. The minimum Gasteiger partial charge on any atom is -0.491 e. The molecule has 1 fully saturated rings. The second-order valence-corrected chi connectivity index (χ2v) is 14.2. The molecule has 1 aliphatic heterocycles. The minimum absolute atomic E-state index is 0.0827. The maximum atomic E-state index is 14.9. The zero-order valence-electron chi connectivity index (χ0n) is 30.5. The predicted octanol–water partition coefficient (Wildman–Crippen LogP) is 7.91. The Kier molecular flexibility index (Phi) is 12.2. The largest absolute Gasteiger partial charge is 0.491 e. The lowest BCUT2D eigenvalue weighted by atomic mass is 9.99. The van der Waals surface area contributed by atoms with Crippen molar-refractivity contribution in [2.75, 3.05) is 31.6 Å². The van der Waals surface area contributed by atoms with E-state index in [0.717, 1.165) is 39.3 Å². The van der Waals surface area contributed by atoms with Gasteiger partial charge in [0.15, 0.2) is 0 Å². The van der Waals surface area contributed by atoms with E-state index in [4.69, 9.17) is 14.2 Å². The van der Waals surface area contributed by atoms with Crippen LogP contribution in [0.4, 0.5) is 19.3 Å². The lowest BCUT2D eigenvalue weighted by Crippen LogP contribution is -2.58. The molecule has 2 N–H and O–H groups in total. The fourth-order valence-electron chi connectivity index (χ4n) is 5.74. The maximum absolute atomic E-state index is 14.9. The molecule has 3 heterocycles. The van der Waals surface area contributed by atoms with E-state index in [-0.39, 0.29) is 24.9 Å². The summed E-state index contributed by atoms with van der Waals surface area (Å²) >= 11 is 0. The van der Waals surface area contributed by atoms with Gasteiger partial charge >= 0.3 is 6.09 Å². The number of aryl methyl sites for hydroxylation is 1. The number of hydrogen-bond donors (Lipinski definition) is 2. The Bertz CT molecular complexity index is 1830. The lowest BCUT2D eigenvalue weighted by Gasteiger charge is -2.38. The first-order valence-corrected chi connectivity index (χ1v) is 17.4. The molecule has 1 saturated heterocycles. The molecule has 12 heteroatoms. The summed E-state index contributed by atoms with van der Waals surface area (Å²) < 4.78 is 46.4. The van der Waals surface area contributed by atoms with E-state index in [1.54, 1.807) is 39.2 Å². The zero-order chi connectivity index (χ0) is 37.5. The van der Waals surface area contributed by atoms with Gasteiger partial charge in [-0.1, -0.05) is 18.2 Å². The Morgan fingerprint density at radius 3 is 2.38 bits per heavy atom. The number of carbonyl (C=O) groups is 2. The lowest BCUT2D eigenvalue weighted by molar-refractivity contribution is -0.0859. The van der Waals surface area contributed by atoms with E-state index < -0.39 is 36.0 Å². The maximum Gasteiger partial charge on any atom is 0.408 e. The summed E-state index contributed by atoms with van der Waals surface area (Å²) in [7, 11) is 0. The van der Waals surface area contributed by atoms with Gasteiger partial charge in [0.2, 0.25) is 0 Å². The molecule has 0 aliphatic carbocycles. The Balaban J connectivity index is 1.32. The van der Waals surface area contributed by atoms with Gasteiger partial charge in [0.1, 0.15) is 29.7 Å². The molecule has 2 aromatic carbocycles. The number of amides is 2. The third kappa shape index (κ3) is 11.0. The molecule has 2 aromatic heterocycles. The SMILES string of the molecule is Cc1ccc(-c2cc(CN3CCC(F)(F)[C@H](NC(=O)OC(C)(C)C)C3)cc(NC(=O)c3cc(-c4ccc(OCCOC(C)C)cc4)ccn3)c2)cn1. The number of ether oxygens (including phenoxy) is 3. The number of alkyl carbamates (subject to hydrolysis) is 1. The van der Waals surface area contributed by atoms with E-state index >= 15 is 0 Å². The number of pyridine rings is 2. The first-order valence-electron chi connectivity index (χ1n) is 17.4. The molecule has 1 aliphatic rings. The Labute approximate surface area is 303 Å². The van der Waals surface area contributed by atoms with Gasteiger partial charge in [0.05, 0.1) is 12.7 Å². The van der Waals surface area contributed by atoms with Crippen molar-refractivity contribution in [1.29, 1.82) is 0 Å². The second kappa shape index (κ2) is 16.6. The highest BCUT2D eigenvalue weighted by Crippen LogP contribution is 2.32. The standard InChI is InChI=1S/C40H47F2N5O5/c1-26(2)50-17-18-51-34-11-9-29(10-12-34)30-13-15-43-35(22-30)37(48)45-33-20-28(19-32(21-33)31-8-7-27(3)44-23-31)24-47-16-14-40(41,42)36(25-47)46-38(49)52-39(4,5)6/h7-13,15,19-23,26,36H,14,16-18,24-25H2,1-6H3,(H,45,48)(H,46,49)/t36-/m1/s1. The summed E-state index contributed by atoms with van der Waals surface area (Å²) in [5, 5.41) is 5.36. The van der Waals surface area contributed by atoms with E-state index in [9.17, 15) is 18.4 Å². The number of carbonyl (C=O) groups excluding carboxylic acids is 2. The van der Waals surface area contributed by atoms with E-state index in [2.05, 4.69) is 20.6 Å². The van der Waals surface area contributed by atoms with E-state index in [1.165, 1.54) is 0 Å². The fourth-order valence-corrected chi connectivity index (χ4v) is 5.74. The Morgan fingerprint density at radius 2 is 1.69 bits per heavy atom. The first-order chi connectivity index (χ1) is 24.6. The molecule has 0 bridgehead atoms. The van der Waals surface area contributed by atoms with Crippen LogP contribution in [0, 0.1) is 6.92 Å². The van der Waals surface area contributed by atoms with Crippen molar-refractivity contribution in [3.05, 3.63) is 96.1 Å². The average molecular weight is 716 g/mol. The molecule has 2 amide bonds. The number of piperidine rings is 1. The topological polar surface area (TPSA) is 115 Å². The van der Waals surface area contributed by atoms with Crippen LogP contribution in [-0.2, 0) is 16.0 Å².